The van der Waals surface area contributed by atoms with Gasteiger partial charge in [-0.3, -0.25) is 14.4 Å². The summed E-state index contributed by atoms with van der Waals surface area (Å²) in [6.45, 7) is 6.62. The van der Waals surface area contributed by atoms with E-state index >= 15 is 0 Å². The first-order valence-electron chi connectivity index (χ1n) is 30.1. The Morgan fingerprint density at radius 3 is 0.826 bits per heavy atom. The van der Waals surface area contributed by atoms with E-state index in [0.717, 1.165) is 77.0 Å². The summed E-state index contributed by atoms with van der Waals surface area (Å²) in [5, 5.41) is 0. The summed E-state index contributed by atoms with van der Waals surface area (Å²) in [5.41, 5.74) is 0. The minimum Gasteiger partial charge on any atom is -0.462 e. The predicted octanol–water partition coefficient (Wildman–Crippen LogP) is 20.2. The fraction of sp³-hybridized carbons (Fsp3) is 0.825. The van der Waals surface area contributed by atoms with Crippen LogP contribution in [0.5, 0.6) is 0 Å². The van der Waals surface area contributed by atoms with Gasteiger partial charge in [-0.2, -0.15) is 0 Å². The quantitative estimate of drug-likeness (QED) is 0.0262. The van der Waals surface area contributed by atoms with Gasteiger partial charge in [0, 0.05) is 19.3 Å². The molecule has 0 aliphatic heterocycles. The van der Waals surface area contributed by atoms with Crippen LogP contribution in [0.3, 0.4) is 0 Å². The van der Waals surface area contributed by atoms with E-state index in [4.69, 9.17) is 14.2 Å². The maximum absolute atomic E-state index is 12.9. The van der Waals surface area contributed by atoms with Crippen molar-refractivity contribution in [2.24, 2.45) is 0 Å². The van der Waals surface area contributed by atoms with E-state index in [1.54, 1.807) is 0 Å². The molecule has 0 spiro atoms. The highest BCUT2D eigenvalue weighted by molar-refractivity contribution is 5.71. The number of allylic oxidation sites excluding steroid dienone is 8. The van der Waals surface area contributed by atoms with Gasteiger partial charge in [-0.25, -0.2) is 0 Å². The zero-order valence-electron chi connectivity index (χ0n) is 46.1. The first kappa shape index (κ1) is 66.4. The maximum atomic E-state index is 12.9. The SMILES string of the molecule is CCCCC/C=C\C/C=C\CCCCCCCCCCCC(=O)O[C@H](COC(=O)CCCCCCCCC/C=C\C/C=C\CCCCC)COC(=O)CCCCCCCCCCCCCCCCC. The zero-order chi connectivity index (χ0) is 50.0. The zero-order valence-corrected chi connectivity index (χ0v) is 46.1. The predicted molar refractivity (Wildman–Crippen MR) is 298 cm³/mol. The van der Waals surface area contributed by atoms with Crippen molar-refractivity contribution in [3.05, 3.63) is 48.6 Å². The molecule has 69 heavy (non-hydrogen) atoms. The maximum Gasteiger partial charge on any atom is 0.306 e. The van der Waals surface area contributed by atoms with Crippen molar-refractivity contribution in [1.82, 2.24) is 0 Å². The van der Waals surface area contributed by atoms with Crippen LogP contribution in [-0.2, 0) is 28.6 Å². The van der Waals surface area contributed by atoms with Gasteiger partial charge >= 0.3 is 17.9 Å². The average Bonchev–Trinajstić information content (AvgIpc) is 3.35. The molecule has 0 aliphatic rings. The fourth-order valence-corrected chi connectivity index (χ4v) is 8.74. The largest absolute Gasteiger partial charge is 0.462 e. The molecule has 0 aromatic rings. The standard InChI is InChI=1S/C63H114O6/c1-4-7-10-13-16-19-22-25-28-30-31-33-36-39-42-45-48-51-54-57-63(66)69-60(58-67-61(64)55-52-49-46-43-40-37-34-27-24-21-18-15-12-9-6-3)59-68-62(65)56-53-50-47-44-41-38-35-32-29-26-23-20-17-14-11-8-5-2/h16-17,19-20,25-26,28-29,60H,4-15,18,21-24,27,30-59H2,1-3H3/b19-16-,20-17-,28-25-,29-26-/t60-/m0/s1. The van der Waals surface area contributed by atoms with Crippen molar-refractivity contribution < 1.29 is 28.6 Å². The van der Waals surface area contributed by atoms with Crippen LogP contribution in [0.2, 0.25) is 0 Å². The van der Waals surface area contributed by atoms with Crippen molar-refractivity contribution in [3.8, 4) is 0 Å². The van der Waals surface area contributed by atoms with Gasteiger partial charge in [0.15, 0.2) is 6.10 Å². The number of carbonyl (C=O) groups excluding carboxylic acids is 3. The molecular weight excluding hydrogens is 853 g/mol. The van der Waals surface area contributed by atoms with Gasteiger partial charge in [-0.05, 0) is 83.5 Å². The molecule has 0 fully saturated rings. The molecule has 6 heteroatoms. The molecule has 0 radical (unpaired) electrons. The van der Waals surface area contributed by atoms with E-state index in [-0.39, 0.29) is 31.1 Å². The molecule has 0 unspecified atom stereocenters. The second kappa shape index (κ2) is 57.9. The minimum absolute atomic E-state index is 0.0740. The van der Waals surface area contributed by atoms with E-state index in [0.29, 0.717) is 19.3 Å². The summed E-state index contributed by atoms with van der Waals surface area (Å²) >= 11 is 0. The van der Waals surface area contributed by atoms with Crippen LogP contribution in [0.4, 0.5) is 0 Å². The highest BCUT2D eigenvalue weighted by Gasteiger charge is 2.19. The van der Waals surface area contributed by atoms with Gasteiger partial charge in [0.2, 0.25) is 0 Å². The van der Waals surface area contributed by atoms with Crippen molar-refractivity contribution in [3.63, 3.8) is 0 Å². The van der Waals surface area contributed by atoms with Crippen molar-refractivity contribution >= 4 is 17.9 Å². The molecule has 1 atom stereocenters. The lowest BCUT2D eigenvalue weighted by molar-refractivity contribution is -0.167. The average molecular weight is 968 g/mol. The molecule has 0 rings (SSSR count). The monoisotopic (exact) mass is 967 g/mol. The van der Waals surface area contributed by atoms with Crippen LogP contribution >= 0.6 is 0 Å². The molecule has 0 aliphatic carbocycles. The Kier molecular flexibility index (Phi) is 55.7. The lowest BCUT2D eigenvalue weighted by Crippen LogP contribution is -2.30. The Morgan fingerprint density at radius 2 is 0.522 bits per heavy atom. The van der Waals surface area contributed by atoms with Crippen LogP contribution in [0.25, 0.3) is 0 Å². The molecule has 0 bridgehead atoms. The Bertz CT molecular complexity index is 1200. The van der Waals surface area contributed by atoms with Gasteiger partial charge in [0.1, 0.15) is 13.2 Å². The van der Waals surface area contributed by atoms with Crippen molar-refractivity contribution in [2.45, 2.75) is 322 Å². The fourth-order valence-electron chi connectivity index (χ4n) is 8.74. The smallest absolute Gasteiger partial charge is 0.306 e. The first-order chi connectivity index (χ1) is 34.0. The minimum atomic E-state index is -0.777. The van der Waals surface area contributed by atoms with Crippen LogP contribution in [0.15, 0.2) is 48.6 Å². The molecule has 0 saturated heterocycles. The van der Waals surface area contributed by atoms with Crippen LogP contribution in [0.1, 0.15) is 316 Å². The number of ether oxygens (including phenoxy) is 3. The van der Waals surface area contributed by atoms with Gasteiger partial charge in [-0.15, -0.1) is 0 Å². The van der Waals surface area contributed by atoms with Crippen LogP contribution in [-0.4, -0.2) is 37.2 Å². The molecule has 0 aromatic heterocycles. The van der Waals surface area contributed by atoms with Crippen molar-refractivity contribution in [2.75, 3.05) is 13.2 Å². The van der Waals surface area contributed by atoms with Crippen molar-refractivity contribution in [1.29, 1.82) is 0 Å². The Morgan fingerprint density at radius 1 is 0.290 bits per heavy atom. The number of hydrogen-bond acceptors (Lipinski definition) is 6. The molecule has 0 saturated carbocycles. The Hall–Kier alpha value is -2.63. The summed E-state index contributed by atoms with van der Waals surface area (Å²) in [4.78, 5) is 38.2. The van der Waals surface area contributed by atoms with Gasteiger partial charge < -0.3 is 14.2 Å². The van der Waals surface area contributed by atoms with Gasteiger partial charge in [0.05, 0.1) is 0 Å². The van der Waals surface area contributed by atoms with E-state index < -0.39 is 6.10 Å². The topological polar surface area (TPSA) is 78.9 Å². The second-order valence-electron chi connectivity index (χ2n) is 20.3. The molecule has 402 valence electrons. The van der Waals surface area contributed by atoms with Gasteiger partial charge in [-0.1, -0.05) is 262 Å². The van der Waals surface area contributed by atoms with Gasteiger partial charge in [0.25, 0.3) is 0 Å². The van der Waals surface area contributed by atoms with Crippen LogP contribution in [0, 0.1) is 0 Å². The van der Waals surface area contributed by atoms with E-state index in [2.05, 4.69) is 69.4 Å². The van der Waals surface area contributed by atoms with E-state index in [1.165, 1.54) is 199 Å². The second-order valence-corrected chi connectivity index (χ2v) is 20.3. The van der Waals surface area contributed by atoms with Crippen LogP contribution < -0.4 is 0 Å². The number of rotatable bonds is 55. The summed E-state index contributed by atoms with van der Waals surface area (Å²) in [5.74, 6) is -0.869. The summed E-state index contributed by atoms with van der Waals surface area (Å²) < 4.78 is 16.9. The third kappa shape index (κ3) is 56.2. The molecule has 0 N–H and O–H groups in total. The van der Waals surface area contributed by atoms with E-state index in [9.17, 15) is 14.4 Å². The summed E-state index contributed by atoms with van der Waals surface area (Å²) in [6.07, 6.45) is 70.9. The third-order valence-corrected chi connectivity index (χ3v) is 13.3. The number of hydrogen-bond donors (Lipinski definition) is 0. The third-order valence-electron chi connectivity index (χ3n) is 13.3. The number of unbranched alkanes of at least 4 members (excludes halogenated alkanes) is 36. The summed E-state index contributed by atoms with van der Waals surface area (Å²) in [7, 11) is 0. The molecule has 0 amide bonds. The Labute approximate surface area is 428 Å². The normalized spacial score (nSPS) is 12.3. The lowest BCUT2D eigenvalue weighted by Gasteiger charge is -2.18. The highest BCUT2D eigenvalue weighted by atomic mass is 16.6. The number of carbonyl (C=O) groups is 3. The Balaban J connectivity index is 4.36. The number of esters is 3. The molecule has 0 aromatic carbocycles. The highest BCUT2D eigenvalue weighted by Crippen LogP contribution is 2.16. The molecular formula is C63H114O6. The summed E-state index contributed by atoms with van der Waals surface area (Å²) in [6, 6.07) is 0. The lowest BCUT2D eigenvalue weighted by atomic mass is 10.0. The first-order valence-corrected chi connectivity index (χ1v) is 30.1. The molecule has 0 heterocycles. The molecule has 6 nitrogen and oxygen atoms in total. The van der Waals surface area contributed by atoms with E-state index in [1.807, 2.05) is 0 Å².